The maximum Gasteiger partial charge on any atom is 0.150 e. The van der Waals surface area contributed by atoms with Crippen LogP contribution in [-0.4, -0.2) is 6.29 Å². The highest BCUT2D eigenvalue weighted by Crippen LogP contribution is 2.17. The third kappa shape index (κ3) is 2.85. The van der Waals surface area contributed by atoms with E-state index in [1.54, 1.807) is 6.07 Å². The Hall–Kier alpha value is -0.820. The summed E-state index contributed by atoms with van der Waals surface area (Å²) in [6.45, 7) is 4.26. The first-order chi connectivity index (χ1) is 6.13. The molecule has 0 aliphatic carbocycles. The Kier molecular flexibility index (Phi) is 3.49. The van der Waals surface area contributed by atoms with Gasteiger partial charge in [0.05, 0.1) is 0 Å². The quantitative estimate of drug-likeness (QED) is 0.678. The van der Waals surface area contributed by atoms with Gasteiger partial charge in [-0.2, -0.15) is 0 Å². The van der Waals surface area contributed by atoms with Crippen LogP contribution < -0.4 is 0 Å². The minimum absolute atomic E-state index is 0.555. The molecule has 0 radical (unpaired) electrons. The number of aldehydes is 1. The smallest absolute Gasteiger partial charge is 0.150 e. The zero-order chi connectivity index (χ0) is 9.84. The largest absolute Gasteiger partial charge is 0.298 e. The van der Waals surface area contributed by atoms with Gasteiger partial charge in [0.2, 0.25) is 0 Å². The summed E-state index contributed by atoms with van der Waals surface area (Å²) >= 11 is 5.77. The van der Waals surface area contributed by atoms with Gasteiger partial charge in [0, 0.05) is 10.6 Å². The lowest BCUT2D eigenvalue weighted by atomic mass is 9.99. The van der Waals surface area contributed by atoms with E-state index in [-0.39, 0.29) is 0 Å². The summed E-state index contributed by atoms with van der Waals surface area (Å²) in [7, 11) is 0. The van der Waals surface area contributed by atoms with Gasteiger partial charge in [-0.1, -0.05) is 31.5 Å². The number of carbonyl (C=O) groups is 1. The Bertz CT molecular complexity index is 305. The van der Waals surface area contributed by atoms with Crippen molar-refractivity contribution in [3.8, 4) is 0 Å². The molecule has 1 nitrogen and oxygen atoms in total. The Morgan fingerprint density at radius 3 is 2.69 bits per heavy atom. The van der Waals surface area contributed by atoms with Crippen LogP contribution in [0.25, 0.3) is 0 Å². The molecule has 0 aliphatic rings. The first-order valence-corrected chi connectivity index (χ1v) is 4.75. The van der Waals surface area contributed by atoms with Gasteiger partial charge in [-0.15, -0.1) is 0 Å². The normalized spacial score (nSPS) is 10.5. The Labute approximate surface area is 83.7 Å². The number of rotatable bonds is 3. The molecule has 1 aromatic rings. The van der Waals surface area contributed by atoms with Gasteiger partial charge in [-0.25, -0.2) is 0 Å². The minimum Gasteiger partial charge on any atom is -0.298 e. The molecule has 13 heavy (non-hydrogen) atoms. The highest BCUT2D eigenvalue weighted by Gasteiger charge is 2.04. The van der Waals surface area contributed by atoms with E-state index in [1.165, 1.54) is 0 Å². The van der Waals surface area contributed by atoms with Crippen LogP contribution in [0.15, 0.2) is 18.2 Å². The summed E-state index contributed by atoms with van der Waals surface area (Å²) in [5.41, 5.74) is 1.79. The van der Waals surface area contributed by atoms with Crippen LogP contribution in [0.5, 0.6) is 0 Å². The van der Waals surface area contributed by atoms with E-state index in [1.807, 2.05) is 12.1 Å². The molecule has 0 N–H and O–H groups in total. The molecule has 0 amide bonds. The van der Waals surface area contributed by atoms with Crippen molar-refractivity contribution in [2.45, 2.75) is 20.3 Å². The molecule has 0 saturated carbocycles. The van der Waals surface area contributed by atoms with Crippen molar-refractivity contribution >= 4 is 17.9 Å². The monoisotopic (exact) mass is 196 g/mol. The number of benzene rings is 1. The fourth-order valence-electron chi connectivity index (χ4n) is 1.30. The van der Waals surface area contributed by atoms with Gasteiger partial charge in [0.1, 0.15) is 6.29 Å². The molecule has 0 unspecified atom stereocenters. The van der Waals surface area contributed by atoms with E-state index in [9.17, 15) is 4.79 Å². The number of halogens is 1. The first kappa shape index (κ1) is 10.3. The molecule has 70 valence electrons. The number of hydrogen-bond acceptors (Lipinski definition) is 1. The van der Waals surface area contributed by atoms with Crippen LogP contribution in [0.4, 0.5) is 0 Å². The van der Waals surface area contributed by atoms with Crippen molar-refractivity contribution in [3.63, 3.8) is 0 Å². The van der Waals surface area contributed by atoms with Gasteiger partial charge in [0.15, 0.2) is 0 Å². The van der Waals surface area contributed by atoms with Crippen LogP contribution >= 0.6 is 11.6 Å². The number of carbonyl (C=O) groups excluding carboxylic acids is 1. The van der Waals surface area contributed by atoms with Crippen LogP contribution in [0.1, 0.15) is 29.8 Å². The molecule has 0 heterocycles. The topological polar surface area (TPSA) is 17.1 Å². The summed E-state index contributed by atoms with van der Waals surface area (Å²) in [5.74, 6) is 0.555. The summed E-state index contributed by atoms with van der Waals surface area (Å²) < 4.78 is 0. The average Bonchev–Trinajstić information content (AvgIpc) is 2.07. The van der Waals surface area contributed by atoms with Crippen molar-refractivity contribution in [3.05, 3.63) is 34.3 Å². The van der Waals surface area contributed by atoms with Crippen molar-refractivity contribution in [1.29, 1.82) is 0 Å². The first-order valence-electron chi connectivity index (χ1n) is 4.37. The van der Waals surface area contributed by atoms with Crippen molar-refractivity contribution in [2.75, 3.05) is 0 Å². The van der Waals surface area contributed by atoms with Crippen molar-refractivity contribution < 1.29 is 4.79 Å². The molecular weight excluding hydrogens is 184 g/mol. The van der Waals surface area contributed by atoms with Gasteiger partial charge in [-0.05, 0) is 30.0 Å². The lowest BCUT2D eigenvalue weighted by Gasteiger charge is -2.07. The minimum atomic E-state index is 0.555. The second kappa shape index (κ2) is 4.43. The molecule has 0 spiro atoms. The van der Waals surface area contributed by atoms with Crippen LogP contribution in [-0.2, 0) is 6.42 Å². The lowest BCUT2D eigenvalue weighted by molar-refractivity contribution is 0.112. The third-order valence-corrected chi connectivity index (χ3v) is 2.10. The van der Waals surface area contributed by atoms with Gasteiger partial charge >= 0.3 is 0 Å². The lowest BCUT2D eigenvalue weighted by Crippen LogP contribution is -1.98. The van der Waals surface area contributed by atoms with Gasteiger partial charge in [-0.3, -0.25) is 4.79 Å². The molecule has 0 aliphatic heterocycles. The fraction of sp³-hybridized carbons (Fsp3) is 0.364. The van der Waals surface area contributed by atoms with Crippen molar-refractivity contribution in [1.82, 2.24) is 0 Å². The summed E-state index contributed by atoms with van der Waals surface area (Å²) in [5, 5.41) is 0.620. The Balaban J connectivity index is 2.99. The highest BCUT2D eigenvalue weighted by atomic mass is 35.5. The van der Waals surface area contributed by atoms with E-state index in [0.717, 1.165) is 18.3 Å². The summed E-state index contributed by atoms with van der Waals surface area (Å²) in [6.07, 6.45) is 1.79. The zero-order valence-electron chi connectivity index (χ0n) is 7.88. The van der Waals surface area contributed by atoms with E-state index < -0.39 is 0 Å². The maximum atomic E-state index is 10.7. The van der Waals surface area contributed by atoms with Gasteiger partial charge < -0.3 is 0 Å². The van der Waals surface area contributed by atoms with Crippen LogP contribution in [0, 0.1) is 5.92 Å². The molecule has 0 atom stereocenters. The predicted octanol–water partition coefficient (Wildman–Crippen LogP) is 3.35. The maximum absolute atomic E-state index is 10.7. The predicted molar refractivity (Wildman–Crippen MR) is 55.4 cm³/mol. The van der Waals surface area contributed by atoms with Crippen LogP contribution in [0.3, 0.4) is 0 Å². The fourth-order valence-corrected chi connectivity index (χ4v) is 1.48. The van der Waals surface area contributed by atoms with E-state index in [2.05, 4.69) is 13.8 Å². The molecule has 0 fully saturated rings. The molecule has 0 saturated heterocycles. The molecule has 2 heteroatoms. The third-order valence-electron chi connectivity index (χ3n) is 1.86. The second-order valence-electron chi connectivity index (χ2n) is 3.56. The summed E-state index contributed by atoms with van der Waals surface area (Å²) in [6, 6.07) is 5.46. The second-order valence-corrected chi connectivity index (χ2v) is 4.00. The van der Waals surface area contributed by atoms with Gasteiger partial charge in [0.25, 0.3) is 0 Å². The number of hydrogen-bond donors (Lipinski definition) is 0. The molecular formula is C11H13ClO. The average molecular weight is 197 g/mol. The highest BCUT2D eigenvalue weighted by molar-refractivity contribution is 6.30. The zero-order valence-corrected chi connectivity index (χ0v) is 8.64. The van der Waals surface area contributed by atoms with Crippen molar-refractivity contribution in [2.24, 2.45) is 5.92 Å². The molecule has 0 bridgehead atoms. The molecule has 1 aromatic carbocycles. The van der Waals surface area contributed by atoms with E-state index >= 15 is 0 Å². The molecule has 1 rings (SSSR count). The molecule has 0 aromatic heterocycles. The van der Waals surface area contributed by atoms with Crippen LogP contribution in [0.2, 0.25) is 5.02 Å². The van der Waals surface area contributed by atoms with E-state index in [4.69, 9.17) is 11.6 Å². The SMILES string of the molecule is CC(C)Cc1ccc(Cl)cc1C=O. The Morgan fingerprint density at radius 2 is 2.15 bits per heavy atom. The Morgan fingerprint density at radius 1 is 1.46 bits per heavy atom. The standard InChI is InChI=1S/C11H13ClO/c1-8(2)5-9-3-4-11(12)6-10(9)7-13/h3-4,6-8H,5H2,1-2H3. The summed E-state index contributed by atoms with van der Waals surface area (Å²) in [4.78, 5) is 10.7. The van der Waals surface area contributed by atoms with E-state index in [0.29, 0.717) is 16.5 Å².